The van der Waals surface area contributed by atoms with Crippen molar-refractivity contribution in [2.24, 2.45) is 5.92 Å². The van der Waals surface area contributed by atoms with Crippen LogP contribution in [-0.4, -0.2) is 35.7 Å². The zero-order chi connectivity index (χ0) is 12.8. The molecule has 1 rings (SSSR count). The van der Waals surface area contributed by atoms with Crippen molar-refractivity contribution in [1.82, 2.24) is 5.32 Å². The molecule has 1 amide bonds. The molecule has 0 aromatic rings. The molecule has 0 aromatic carbocycles. The number of rotatable bonds is 5. The first-order valence-electron chi connectivity index (χ1n) is 6.21. The minimum atomic E-state index is -0.983. The van der Waals surface area contributed by atoms with Crippen molar-refractivity contribution in [2.75, 3.05) is 6.61 Å². The Labute approximate surface area is 102 Å². The number of hydrogen-bond donors (Lipinski definition) is 2. The summed E-state index contributed by atoms with van der Waals surface area (Å²) >= 11 is 0. The van der Waals surface area contributed by atoms with E-state index in [9.17, 15) is 9.59 Å². The molecule has 1 aliphatic heterocycles. The third-order valence-corrected chi connectivity index (χ3v) is 3.25. The third kappa shape index (κ3) is 4.00. The van der Waals surface area contributed by atoms with Crippen LogP contribution < -0.4 is 5.32 Å². The van der Waals surface area contributed by atoms with Crippen molar-refractivity contribution in [3.63, 3.8) is 0 Å². The van der Waals surface area contributed by atoms with Crippen molar-refractivity contribution in [1.29, 1.82) is 0 Å². The van der Waals surface area contributed by atoms with Crippen LogP contribution in [0.1, 0.15) is 39.5 Å². The summed E-state index contributed by atoms with van der Waals surface area (Å²) in [6, 6.07) is -0.821. The molecule has 3 atom stereocenters. The van der Waals surface area contributed by atoms with Gasteiger partial charge in [-0.05, 0) is 25.2 Å². The van der Waals surface area contributed by atoms with Gasteiger partial charge >= 0.3 is 5.97 Å². The van der Waals surface area contributed by atoms with Crippen LogP contribution in [0.15, 0.2) is 0 Å². The SMILES string of the molecule is CC[C@H](C)[C@H](NC(=O)C1CCCCO1)C(=O)O. The normalized spacial score (nSPS) is 23.8. The molecule has 0 spiro atoms. The zero-order valence-corrected chi connectivity index (χ0v) is 10.4. The number of ether oxygens (including phenoxy) is 1. The van der Waals surface area contributed by atoms with Crippen LogP contribution in [0.3, 0.4) is 0 Å². The van der Waals surface area contributed by atoms with Crippen LogP contribution in [0.2, 0.25) is 0 Å². The molecular formula is C12H21NO4. The van der Waals surface area contributed by atoms with Gasteiger partial charge in [0.25, 0.3) is 0 Å². The molecule has 98 valence electrons. The standard InChI is InChI=1S/C12H21NO4/c1-3-8(2)10(12(15)16)13-11(14)9-6-4-5-7-17-9/h8-10H,3-7H2,1-2H3,(H,13,14)(H,15,16)/t8-,9?,10-/m0/s1. The summed E-state index contributed by atoms with van der Waals surface area (Å²) in [6.45, 7) is 4.31. The van der Waals surface area contributed by atoms with Gasteiger partial charge < -0.3 is 15.2 Å². The summed E-state index contributed by atoms with van der Waals surface area (Å²) in [5.41, 5.74) is 0. The first-order chi connectivity index (χ1) is 8.06. The Morgan fingerprint density at radius 1 is 1.47 bits per heavy atom. The van der Waals surface area contributed by atoms with Crippen molar-refractivity contribution in [3.8, 4) is 0 Å². The maximum absolute atomic E-state index is 11.8. The van der Waals surface area contributed by atoms with Gasteiger partial charge in [-0.15, -0.1) is 0 Å². The Morgan fingerprint density at radius 3 is 2.65 bits per heavy atom. The number of carbonyl (C=O) groups is 2. The van der Waals surface area contributed by atoms with Gasteiger partial charge in [0.15, 0.2) is 0 Å². The third-order valence-electron chi connectivity index (χ3n) is 3.25. The van der Waals surface area contributed by atoms with Gasteiger partial charge in [0, 0.05) is 6.61 Å². The van der Waals surface area contributed by atoms with Gasteiger partial charge in [-0.1, -0.05) is 20.3 Å². The molecule has 17 heavy (non-hydrogen) atoms. The van der Waals surface area contributed by atoms with E-state index >= 15 is 0 Å². The number of amides is 1. The van der Waals surface area contributed by atoms with Gasteiger partial charge in [-0.25, -0.2) is 4.79 Å². The summed E-state index contributed by atoms with van der Waals surface area (Å²) in [6.07, 6.45) is 2.84. The van der Waals surface area contributed by atoms with Crippen LogP contribution in [0.4, 0.5) is 0 Å². The monoisotopic (exact) mass is 243 g/mol. The maximum atomic E-state index is 11.8. The van der Waals surface area contributed by atoms with Crippen molar-refractivity contribution >= 4 is 11.9 Å². The van der Waals surface area contributed by atoms with E-state index in [2.05, 4.69) is 5.32 Å². The van der Waals surface area contributed by atoms with Crippen molar-refractivity contribution < 1.29 is 19.4 Å². The van der Waals surface area contributed by atoms with E-state index in [0.717, 1.165) is 12.8 Å². The highest BCUT2D eigenvalue weighted by molar-refractivity contribution is 5.86. The van der Waals surface area contributed by atoms with Gasteiger partial charge in [0.05, 0.1) is 0 Å². The molecule has 0 bridgehead atoms. The lowest BCUT2D eigenvalue weighted by Gasteiger charge is -2.25. The van der Waals surface area contributed by atoms with E-state index in [1.807, 2.05) is 13.8 Å². The number of nitrogens with one attached hydrogen (secondary N) is 1. The summed E-state index contributed by atoms with van der Waals surface area (Å²) in [7, 11) is 0. The average Bonchev–Trinajstić information content (AvgIpc) is 2.35. The Balaban J connectivity index is 2.53. The average molecular weight is 243 g/mol. The van der Waals surface area contributed by atoms with Crippen LogP contribution in [0.5, 0.6) is 0 Å². The minimum absolute atomic E-state index is 0.0833. The van der Waals surface area contributed by atoms with E-state index in [1.54, 1.807) is 0 Å². The Kier molecular flexibility index (Phi) is 5.41. The number of aliphatic carboxylic acids is 1. The van der Waals surface area contributed by atoms with E-state index in [0.29, 0.717) is 19.4 Å². The summed E-state index contributed by atoms with van der Waals surface area (Å²) in [5.74, 6) is -1.36. The van der Waals surface area contributed by atoms with Crippen molar-refractivity contribution in [3.05, 3.63) is 0 Å². The van der Waals surface area contributed by atoms with Gasteiger partial charge in [0.2, 0.25) is 5.91 Å². The van der Waals surface area contributed by atoms with Crippen LogP contribution >= 0.6 is 0 Å². The highest BCUT2D eigenvalue weighted by atomic mass is 16.5. The lowest BCUT2D eigenvalue weighted by atomic mass is 9.98. The predicted octanol–water partition coefficient (Wildman–Crippen LogP) is 1.17. The second-order valence-corrected chi connectivity index (χ2v) is 4.57. The molecule has 2 N–H and O–H groups in total. The van der Waals surface area contributed by atoms with Crippen LogP contribution in [0.25, 0.3) is 0 Å². The van der Waals surface area contributed by atoms with Crippen LogP contribution in [0, 0.1) is 5.92 Å². The Bertz CT molecular complexity index is 274. The fourth-order valence-corrected chi connectivity index (χ4v) is 1.88. The fourth-order valence-electron chi connectivity index (χ4n) is 1.88. The first kappa shape index (κ1) is 14.0. The smallest absolute Gasteiger partial charge is 0.326 e. The van der Waals surface area contributed by atoms with Gasteiger partial charge in [0.1, 0.15) is 12.1 Å². The predicted molar refractivity (Wildman–Crippen MR) is 62.6 cm³/mol. The second kappa shape index (κ2) is 6.59. The molecule has 0 saturated carbocycles. The molecule has 1 saturated heterocycles. The second-order valence-electron chi connectivity index (χ2n) is 4.57. The molecule has 0 aliphatic carbocycles. The van der Waals surface area contributed by atoms with E-state index < -0.39 is 18.1 Å². The molecule has 5 heteroatoms. The first-order valence-corrected chi connectivity index (χ1v) is 6.21. The van der Waals surface area contributed by atoms with Crippen LogP contribution in [-0.2, 0) is 14.3 Å². The number of hydrogen-bond acceptors (Lipinski definition) is 3. The summed E-state index contributed by atoms with van der Waals surface area (Å²) < 4.78 is 5.33. The number of carboxylic acids is 1. The Morgan fingerprint density at radius 2 is 2.18 bits per heavy atom. The lowest BCUT2D eigenvalue weighted by molar-refractivity contribution is -0.146. The highest BCUT2D eigenvalue weighted by Gasteiger charge is 2.29. The maximum Gasteiger partial charge on any atom is 0.326 e. The quantitative estimate of drug-likeness (QED) is 0.760. The minimum Gasteiger partial charge on any atom is -0.480 e. The molecular weight excluding hydrogens is 222 g/mol. The van der Waals surface area contributed by atoms with E-state index in [1.165, 1.54) is 0 Å². The van der Waals surface area contributed by atoms with Gasteiger partial charge in [-0.3, -0.25) is 4.79 Å². The summed E-state index contributed by atoms with van der Waals surface area (Å²) in [5, 5.41) is 11.6. The Hall–Kier alpha value is -1.10. The molecule has 0 aromatic heterocycles. The number of carboxylic acid groups (broad SMARTS) is 1. The zero-order valence-electron chi connectivity index (χ0n) is 10.4. The molecule has 5 nitrogen and oxygen atoms in total. The number of carbonyl (C=O) groups excluding carboxylic acids is 1. The lowest BCUT2D eigenvalue weighted by Crippen LogP contribution is -2.49. The highest BCUT2D eigenvalue weighted by Crippen LogP contribution is 2.14. The molecule has 1 fully saturated rings. The molecule has 1 aliphatic rings. The van der Waals surface area contributed by atoms with Gasteiger partial charge in [-0.2, -0.15) is 0 Å². The van der Waals surface area contributed by atoms with Crippen molar-refractivity contribution in [2.45, 2.75) is 51.7 Å². The summed E-state index contributed by atoms with van der Waals surface area (Å²) in [4.78, 5) is 22.9. The molecule has 1 heterocycles. The van der Waals surface area contributed by atoms with E-state index in [-0.39, 0.29) is 11.8 Å². The molecule has 0 radical (unpaired) electrons. The van der Waals surface area contributed by atoms with E-state index in [4.69, 9.17) is 9.84 Å². The fraction of sp³-hybridized carbons (Fsp3) is 0.833. The largest absolute Gasteiger partial charge is 0.480 e. The topological polar surface area (TPSA) is 75.6 Å². The molecule has 1 unspecified atom stereocenters.